The Labute approximate surface area is 130 Å². The third-order valence-electron chi connectivity index (χ3n) is 3.21. The predicted molar refractivity (Wildman–Crippen MR) is 87.5 cm³/mol. The van der Waals surface area contributed by atoms with Gasteiger partial charge in [-0.3, -0.25) is 4.79 Å². The van der Waals surface area contributed by atoms with Crippen molar-refractivity contribution in [3.63, 3.8) is 0 Å². The van der Waals surface area contributed by atoms with Gasteiger partial charge in [0.1, 0.15) is 0 Å². The summed E-state index contributed by atoms with van der Waals surface area (Å²) < 4.78 is 0. The number of benzene rings is 2. The van der Waals surface area contributed by atoms with Crippen LogP contribution in [0.25, 0.3) is 0 Å². The van der Waals surface area contributed by atoms with Crippen LogP contribution in [0.2, 0.25) is 5.02 Å². The van der Waals surface area contributed by atoms with Gasteiger partial charge in [-0.1, -0.05) is 41.9 Å². The van der Waals surface area contributed by atoms with Crippen molar-refractivity contribution in [1.29, 1.82) is 0 Å². The summed E-state index contributed by atoms with van der Waals surface area (Å²) in [6.07, 6.45) is 0. The van der Waals surface area contributed by atoms with Gasteiger partial charge >= 0.3 is 0 Å². The van der Waals surface area contributed by atoms with E-state index in [2.05, 4.69) is 5.32 Å². The Morgan fingerprint density at radius 2 is 1.90 bits per heavy atom. The number of hydrogen-bond acceptors (Lipinski definition) is 2. The number of rotatable bonds is 6. The lowest BCUT2D eigenvalue weighted by atomic mass is 10.2. The molecule has 0 aliphatic heterocycles. The molecule has 1 amide bonds. The average molecular weight is 303 g/mol. The van der Waals surface area contributed by atoms with E-state index in [1.54, 1.807) is 0 Å². The van der Waals surface area contributed by atoms with E-state index in [4.69, 9.17) is 11.6 Å². The minimum atomic E-state index is 0.0707. The fraction of sp³-hybridized carbons (Fsp3) is 0.235. The van der Waals surface area contributed by atoms with Gasteiger partial charge < -0.3 is 10.2 Å². The second kappa shape index (κ2) is 7.70. The van der Waals surface area contributed by atoms with E-state index in [0.29, 0.717) is 24.7 Å². The van der Waals surface area contributed by atoms with Crippen LogP contribution in [0, 0.1) is 0 Å². The van der Waals surface area contributed by atoms with Crippen LogP contribution in [0.1, 0.15) is 12.5 Å². The van der Waals surface area contributed by atoms with Crippen molar-refractivity contribution >= 4 is 23.2 Å². The number of hydrogen-bond donors (Lipinski definition) is 1. The van der Waals surface area contributed by atoms with Crippen LogP contribution < -0.4 is 5.32 Å². The number of likely N-dealkylation sites (N-methyl/N-ethyl adjacent to an activating group) is 1. The monoisotopic (exact) mass is 302 g/mol. The van der Waals surface area contributed by atoms with Crippen LogP contribution in [0.4, 0.5) is 5.69 Å². The fourth-order valence-electron chi connectivity index (χ4n) is 2.08. The summed E-state index contributed by atoms with van der Waals surface area (Å²) in [5.41, 5.74) is 1.99. The molecular formula is C17H19ClN2O. The predicted octanol–water partition coefficient (Wildman–Crippen LogP) is 3.80. The Bertz CT molecular complexity index is 586. The lowest BCUT2D eigenvalue weighted by Crippen LogP contribution is -2.34. The summed E-state index contributed by atoms with van der Waals surface area (Å²) in [5, 5.41) is 3.83. The Kier molecular flexibility index (Phi) is 5.64. The van der Waals surface area contributed by atoms with Gasteiger partial charge in [0.2, 0.25) is 5.91 Å². The van der Waals surface area contributed by atoms with E-state index in [1.165, 1.54) is 0 Å². The summed E-state index contributed by atoms with van der Waals surface area (Å²) in [6.45, 7) is 3.51. The Hall–Kier alpha value is -2.00. The van der Waals surface area contributed by atoms with Gasteiger partial charge in [-0.25, -0.2) is 0 Å². The zero-order valence-electron chi connectivity index (χ0n) is 12.1. The molecule has 21 heavy (non-hydrogen) atoms. The highest BCUT2D eigenvalue weighted by atomic mass is 35.5. The first-order chi connectivity index (χ1) is 10.2. The summed E-state index contributed by atoms with van der Waals surface area (Å²) in [6, 6.07) is 17.3. The molecule has 2 aromatic carbocycles. The van der Waals surface area contributed by atoms with Crippen molar-refractivity contribution in [2.75, 3.05) is 18.4 Å². The maximum Gasteiger partial charge on any atom is 0.242 e. The molecular weight excluding hydrogens is 284 g/mol. The number of nitrogens with one attached hydrogen (secondary N) is 1. The third kappa shape index (κ3) is 4.80. The fourth-order valence-corrected chi connectivity index (χ4v) is 2.29. The lowest BCUT2D eigenvalue weighted by Gasteiger charge is -2.21. The molecule has 0 bridgehead atoms. The molecule has 0 fully saturated rings. The highest BCUT2D eigenvalue weighted by Crippen LogP contribution is 2.13. The largest absolute Gasteiger partial charge is 0.376 e. The van der Waals surface area contributed by atoms with Crippen LogP contribution in [0.15, 0.2) is 54.6 Å². The normalized spacial score (nSPS) is 10.2. The van der Waals surface area contributed by atoms with Crippen LogP contribution in [-0.4, -0.2) is 23.9 Å². The highest BCUT2D eigenvalue weighted by molar-refractivity contribution is 6.30. The van der Waals surface area contributed by atoms with Crippen molar-refractivity contribution in [3.8, 4) is 0 Å². The maximum absolute atomic E-state index is 12.3. The molecule has 1 N–H and O–H groups in total. The number of amides is 1. The van der Waals surface area contributed by atoms with Gasteiger partial charge in [-0.15, -0.1) is 0 Å². The minimum Gasteiger partial charge on any atom is -0.376 e. The molecule has 0 atom stereocenters. The molecule has 0 saturated carbocycles. The molecule has 0 spiro atoms. The lowest BCUT2D eigenvalue weighted by molar-refractivity contribution is -0.129. The first-order valence-electron chi connectivity index (χ1n) is 7.00. The van der Waals surface area contributed by atoms with Crippen LogP contribution in [0.5, 0.6) is 0 Å². The molecule has 4 heteroatoms. The first-order valence-corrected chi connectivity index (χ1v) is 7.38. The summed E-state index contributed by atoms with van der Waals surface area (Å²) in [4.78, 5) is 14.1. The summed E-state index contributed by atoms with van der Waals surface area (Å²) >= 11 is 5.98. The molecule has 0 aliphatic carbocycles. The third-order valence-corrected chi connectivity index (χ3v) is 3.45. The Morgan fingerprint density at radius 3 is 2.57 bits per heavy atom. The highest BCUT2D eigenvalue weighted by Gasteiger charge is 2.12. The molecule has 0 radical (unpaired) electrons. The number of carbonyl (C=O) groups is 1. The van der Waals surface area contributed by atoms with Crippen LogP contribution in [-0.2, 0) is 11.3 Å². The standard InChI is InChI=1S/C17H19ClN2O/c1-2-20(13-14-7-6-8-15(18)11-14)17(21)12-19-16-9-4-3-5-10-16/h3-11,19H,2,12-13H2,1H3. The second-order valence-corrected chi connectivity index (χ2v) is 5.19. The molecule has 3 nitrogen and oxygen atoms in total. The maximum atomic E-state index is 12.3. The molecule has 0 saturated heterocycles. The van der Waals surface area contributed by atoms with E-state index < -0.39 is 0 Å². The average Bonchev–Trinajstić information content (AvgIpc) is 2.51. The number of carbonyl (C=O) groups excluding carboxylic acids is 1. The van der Waals surface area contributed by atoms with E-state index in [1.807, 2.05) is 66.4 Å². The van der Waals surface area contributed by atoms with Crippen LogP contribution >= 0.6 is 11.6 Å². The molecule has 2 rings (SSSR count). The zero-order valence-corrected chi connectivity index (χ0v) is 12.8. The van der Waals surface area contributed by atoms with Crippen molar-refractivity contribution in [3.05, 3.63) is 65.2 Å². The zero-order chi connectivity index (χ0) is 15.1. The summed E-state index contributed by atoms with van der Waals surface area (Å²) in [7, 11) is 0. The van der Waals surface area contributed by atoms with Crippen molar-refractivity contribution in [1.82, 2.24) is 4.90 Å². The number of halogens is 1. The quantitative estimate of drug-likeness (QED) is 0.880. The Morgan fingerprint density at radius 1 is 1.14 bits per heavy atom. The second-order valence-electron chi connectivity index (χ2n) is 4.76. The molecule has 0 aromatic heterocycles. The SMILES string of the molecule is CCN(Cc1cccc(Cl)c1)C(=O)CNc1ccccc1. The van der Waals surface area contributed by atoms with E-state index >= 15 is 0 Å². The van der Waals surface area contributed by atoms with Gasteiger partial charge in [0.25, 0.3) is 0 Å². The molecule has 0 aliphatic rings. The molecule has 0 heterocycles. The topological polar surface area (TPSA) is 32.3 Å². The van der Waals surface area contributed by atoms with Gasteiger partial charge in [0, 0.05) is 23.8 Å². The minimum absolute atomic E-state index is 0.0707. The first kappa shape index (κ1) is 15.4. The van der Waals surface area contributed by atoms with Crippen molar-refractivity contribution in [2.45, 2.75) is 13.5 Å². The van der Waals surface area contributed by atoms with Crippen molar-refractivity contribution in [2.24, 2.45) is 0 Å². The van der Waals surface area contributed by atoms with E-state index in [-0.39, 0.29) is 5.91 Å². The smallest absolute Gasteiger partial charge is 0.242 e. The van der Waals surface area contributed by atoms with Gasteiger partial charge in [-0.05, 0) is 36.8 Å². The van der Waals surface area contributed by atoms with Gasteiger partial charge in [0.05, 0.1) is 6.54 Å². The van der Waals surface area contributed by atoms with Gasteiger partial charge in [-0.2, -0.15) is 0 Å². The summed E-state index contributed by atoms with van der Waals surface area (Å²) in [5.74, 6) is 0.0707. The molecule has 2 aromatic rings. The number of anilines is 1. The van der Waals surface area contributed by atoms with Crippen molar-refractivity contribution < 1.29 is 4.79 Å². The molecule has 0 unspecified atom stereocenters. The number of nitrogens with zero attached hydrogens (tertiary/aromatic N) is 1. The molecule has 110 valence electrons. The Balaban J connectivity index is 1.92. The van der Waals surface area contributed by atoms with E-state index in [9.17, 15) is 4.79 Å². The van der Waals surface area contributed by atoms with Crippen LogP contribution in [0.3, 0.4) is 0 Å². The van der Waals surface area contributed by atoms with E-state index in [0.717, 1.165) is 11.3 Å². The number of para-hydroxylation sites is 1. The van der Waals surface area contributed by atoms with Gasteiger partial charge in [0.15, 0.2) is 0 Å².